The Hall–Kier alpha value is -2.18. The molecule has 3 rings (SSSR count). The van der Waals surface area contributed by atoms with Crippen LogP contribution in [0.1, 0.15) is 11.1 Å². The van der Waals surface area contributed by atoms with Gasteiger partial charge in [0.2, 0.25) is 6.79 Å². The molecule has 0 saturated carbocycles. The van der Waals surface area contributed by atoms with Gasteiger partial charge in [0, 0.05) is 13.1 Å². The zero-order valence-corrected chi connectivity index (χ0v) is 15.6. The summed E-state index contributed by atoms with van der Waals surface area (Å²) in [5, 5.41) is 3.27. The summed E-state index contributed by atoms with van der Waals surface area (Å²) in [6.45, 7) is 5.84. The maximum atomic E-state index is 5.98. The number of hydrogen-bond donors (Lipinski definition) is 1. The lowest BCUT2D eigenvalue weighted by molar-refractivity contribution is 0.174. The molecule has 1 N–H and O–H groups in total. The molecule has 0 aliphatic carbocycles. The first-order valence-electron chi connectivity index (χ1n) is 7.90. The summed E-state index contributed by atoms with van der Waals surface area (Å²) in [4.78, 5) is 0. The number of hydrogen-bond acceptors (Lipinski definition) is 5. The molecule has 0 aromatic heterocycles. The molecular weight excluding hydrogens is 386 g/mol. The Morgan fingerprint density at radius 1 is 1.20 bits per heavy atom. The molecule has 0 unspecified atom stereocenters. The van der Waals surface area contributed by atoms with Crippen LogP contribution in [0.4, 0.5) is 0 Å². The Balaban J connectivity index is 1.71. The van der Waals surface area contributed by atoms with Gasteiger partial charge in [0.25, 0.3) is 0 Å². The summed E-state index contributed by atoms with van der Waals surface area (Å²) in [6, 6.07) is 9.77. The smallest absolute Gasteiger partial charge is 0.231 e. The second-order valence-electron chi connectivity index (χ2n) is 5.50. The quantitative estimate of drug-likeness (QED) is 0.530. The minimum atomic E-state index is 0.264. The molecule has 0 saturated heterocycles. The van der Waals surface area contributed by atoms with Crippen molar-refractivity contribution in [2.24, 2.45) is 0 Å². The monoisotopic (exact) mass is 405 g/mol. The van der Waals surface area contributed by atoms with Crippen molar-refractivity contribution in [2.75, 3.05) is 20.4 Å². The van der Waals surface area contributed by atoms with Crippen molar-refractivity contribution in [3.05, 3.63) is 58.6 Å². The Morgan fingerprint density at radius 3 is 2.84 bits per heavy atom. The maximum Gasteiger partial charge on any atom is 0.231 e. The van der Waals surface area contributed by atoms with E-state index in [9.17, 15) is 0 Å². The number of nitrogens with one attached hydrogen (secondary N) is 1. The topological polar surface area (TPSA) is 49.0 Å². The molecule has 0 fully saturated rings. The van der Waals surface area contributed by atoms with Crippen molar-refractivity contribution in [3.8, 4) is 23.0 Å². The van der Waals surface area contributed by atoms with E-state index in [2.05, 4.69) is 27.8 Å². The molecule has 2 aromatic rings. The number of fused-ring (bicyclic) bond motifs is 1. The molecule has 132 valence electrons. The molecule has 0 spiro atoms. The zero-order chi connectivity index (χ0) is 17.6. The van der Waals surface area contributed by atoms with E-state index >= 15 is 0 Å². The van der Waals surface area contributed by atoms with Gasteiger partial charge in [-0.25, -0.2) is 0 Å². The van der Waals surface area contributed by atoms with Crippen molar-refractivity contribution in [2.45, 2.75) is 13.2 Å². The molecule has 2 aromatic carbocycles. The van der Waals surface area contributed by atoms with E-state index in [1.54, 1.807) is 7.11 Å². The summed E-state index contributed by atoms with van der Waals surface area (Å²) in [5.41, 5.74) is 2.09. The maximum absolute atomic E-state index is 5.98. The van der Waals surface area contributed by atoms with Crippen molar-refractivity contribution in [1.82, 2.24) is 5.32 Å². The summed E-state index contributed by atoms with van der Waals surface area (Å²) in [5.74, 6) is 2.87. The second kappa shape index (κ2) is 8.27. The Bertz CT molecular complexity index is 763. The second-order valence-corrected chi connectivity index (χ2v) is 6.36. The number of benzene rings is 2. The number of ether oxygens (including phenoxy) is 4. The molecule has 1 aliphatic heterocycles. The van der Waals surface area contributed by atoms with Gasteiger partial charge in [0.05, 0.1) is 11.6 Å². The first-order chi connectivity index (χ1) is 12.2. The van der Waals surface area contributed by atoms with E-state index in [4.69, 9.17) is 18.9 Å². The van der Waals surface area contributed by atoms with Gasteiger partial charge in [-0.3, -0.25) is 0 Å². The van der Waals surface area contributed by atoms with E-state index in [-0.39, 0.29) is 6.79 Å². The highest BCUT2D eigenvalue weighted by Gasteiger charge is 2.15. The summed E-state index contributed by atoms with van der Waals surface area (Å²) in [6.07, 6.45) is 1.83. The molecular formula is C19H20BrNO4. The number of halogens is 1. The fraction of sp³-hybridized carbons (Fsp3) is 0.263. The van der Waals surface area contributed by atoms with E-state index in [0.717, 1.165) is 40.2 Å². The van der Waals surface area contributed by atoms with Gasteiger partial charge in [-0.15, -0.1) is 6.58 Å². The molecule has 0 bridgehead atoms. The molecule has 0 atom stereocenters. The Labute approximate surface area is 155 Å². The fourth-order valence-electron chi connectivity index (χ4n) is 2.52. The van der Waals surface area contributed by atoms with E-state index in [0.29, 0.717) is 18.1 Å². The van der Waals surface area contributed by atoms with Gasteiger partial charge in [-0.05, 0) is 51.3 Å². The molecule has 1 heterocycles. The highest BCUT2D eigenvalue weighted by atomic mass is 79.9. The van der Waals surface area contributed by atoms with Gasteiger partial charge in [0.1, 0.15) is 6.61 Å². The van der Waals surface area contributed by atoms with Crippen LogP contribution in [0.2, 0.25) is 0 Å². The largest absolute Gasteiger partial charge is 0.493 e. The molecule has 0 radical (unpaired) electrons. The van der Waals surface area contributed by atoms with Gasteiger partial charge in [-0.1, -0.05) is 12.1 Å². The predicted molar refractivity (Wildman–Crippen MR) is 99.5 cm³/mol. The number of methoxy groups -OCH3 is 1. The number of rotatable bonds is 8. The molecule has 6 heteroatoms. The van der Waals surface area contributed by atoms with Crippen molar-refractivity contribution in [3.63, 3.8) is 0 Å². The summed E-state index contributed by atoms with van der Waals surface area (Å²) >= 11 is 3.57. The van der Waals surface area contributed by atoms with Crippen LogP contribution in [0, 0.1) is 0 Å². The van der Waals surface area contributed by atoms with E-state index < -0.39 is 0 Å². The highest BCUT2D eigenvalue weighted by molar-refractivity contribution is 9.10. The Morgan fingerprint density at radius 2 is 2.04 bits per heavy atom. The highest BCUT2D eigenvalue weighted by Crippen LogP contribution is 2.38. The zero-order valence-electron chi connectivity index (χ0n) is 14.0. The summed E-state index contributed by atoms with van der Waals surface area (Å²) < 4.78 is 23.0. The van der Waals surface area contributed by atoms with Gasteiger partial charge in [-0.2, -0.15) is 0 Å². The Kier molecular flexibility index (Phi) is 5.83. The minimum absolute atomic E-state index is 0.264. The van der Waals surface area contributed by atoms with Crippen molar-refractivity contribution >= 4 is 15.9 Å². The van der Waals surface area contributed by atoms with Crippen LogP contribution in [0.5, 0.6) is 23.0 Å². The molecule has 0 amide bonds. The first kappa shape index (κ1) is 17.6. The third-order valence-electron chi connectivity index (χ3n) is 3.73. The van der Waals surface area contributed by atoms with Crippen molar-refractivity contribution in [1.29, 1.82) is 0 Å². The normalized spacial score (nSPS) is 12.1. The lowest BCUT2D eigenvalue weighted by Crippen LogP contribution is -2.12. The first-order valence-corrected chi connectivity index (χ1v) is 8.70. The van der Waals surface area contributed by atoms with Crippen LogP contribution in [-0.2, 0) is 13.2 Å². The van der Waals surface area contributed by atoms with Crippen LogP contribution in [0.25, 0.3) is 0 Å². The van der Waals surface area contributed by atoms with Gasteiger partial charge in [0.15, 0.2) is 23.0 Å². The summed E-state index contributed by atoms with van der Waals surface area (Å²) in [7, 11) is 1.64. The van der Waals surface area contributed by atoms with E-state index in [1.165, 1.54) is 0 Å². The van der Waals surface area contributed by atoms with Crippen molar-refractivity contribution < 1.29 is 18.9 Å². The lowest BCUT2D eigenvalue weighted by atomic mass is 10.2. The fourth-order valence-corrected chi connectivity index (χ4v) is 3.12. The lowest BCUT2D eigenvalue weighted by Gasteiger charge is -2.15. The van der Waals surface area contributed by atoms with Crippen LogP contribution >= 0.6 is 15.9 Å². The third-order valence-corrected chi connectivity index (χ3v) is 4.32. The van der Waals surface area contributed by atoms with Crippen LogP contribution < -0.4 is 24.3 Å². The van der Waals surface area contributed by atoms with Crippen LogP contribution in [-0.4, -0.2) is 20.4 Å². The molecule has 25 heavy (non-hydrogen) atoms. The van der Waals surface area contributed by atoms with Crippen LogP contribution in [0.15, 0.2) is 47.5 Å². The SMILES string of the molecule is C=CCNCc1cc(Br)c(OCc2ccc3c(c2)OCO3)c(OC)c1. The predicted octanol–water partition coefficient (Wildman–Crippen LogP) is 4.04. The molecule has 1 aliphatic rings. The van der Waals surface area contributed by atoms with E-state index in [1.807, 2.05) is 36.4 Å². The van der Waals surface area contributed by atoms with Crippen LogP contribution in [0.3, 0.4) is 0 Å². The average Bonchev–Trinajstić information content (AvgIpc) is 3.08. The van der Waals surface area contributed by atoms with Gasteiger partial charge >= 0.3 is 0 Å². The molecule has 5 nitrogen and oxygen atoms in total. The third kappa shape index (κ3) is 4.27. The minimum Gasteiger partial charge on any atom is -0.493 e. The average molecular weight is 406 g/mol. The van der Waals surface area contributed by atoms with Gasteiger partial charge < -0.3 is 24.3 Å². The standard InChI is InChI=1S/C19H20BrNO4/c1-3-6-21-10-14-7-15(20)19(18(9-14)22-2)23-11-13-4-5-16-17(8-13)25-12-24-16/h3-5,7-9,21H,1,6,10-12H2,2H3.